The number of hydrogen-bond acceptors (Lipinski definition) is 4. The highest BCUT2D eigenvalue weighted by atomic mass is 19.1. The van der Waals surface area contributed by atoms with E-state index in [4.69, 9.17) is 5.11 Å². The molecule has 2 rings (SSSR count). The number of piperidine rings is 1. The molecule has 110 valence electrons. The molecular weight excluding hydrogens is 261 g/mol. The number of halogens is 1. The SMILES string of the molecule is CC(CN1CCCCC1)Nc1nccc(C(=O)O)c1F. The van der Waals surface area contributed by atoms with Gasteiger partial charge in [0.25, 0.3) is 0 Å². The summed E-state index contributed by atoms with van der Waals surface area (Å²) in [5, 5.41) is 11.8. The van der Waals surface area contributed by atoms with Gasteiger partial charge in [0.05, 0.1) is 0 Å². The van der Waals surface area contributed by atoms with Crippen LogP contribution in [0.4, 0.5) is 10.2 Å². The zero-order valence-corrected chi connectivity index (χ0v) is 11.6. The van der Waals surface area contributed by atoms with Gasteiger partial charge in [-0.05, 0) is 38.9 Å². The molecular formula is C14H20FN3O2. The van der Waals surface area contributed by atoms with Crippen LogP contribution in [-0.2, 0) is 0 Å². The smallest absolute Gasteiger partial charge is 0.338 e. The lowest BCUT2D eigenvalue weighted by Crippen LogP contribution is -2.38. The van der Waals surface area contributed by atoms with E-state index < -0.39 is 11.8 Å². The molecule has 0 radical (unpaired) electrons. The molecule has 1 fully saturated rings. The van der Waals surface area contributed by atoms with Crippen LogP contribution < -0.4 is 5.32 Å². The summed E-state index contributed by atoms with van der Waals surface area (Å²) in [4.78, 5) is 17.1. The quantitative estimate of drug-likeness (QED) is 0.866. The second kappa shape index (κ2) is 6.65. The van der Waals surface area contributed by atoms with Gasteiger partial charge >= 0.3 is 5.97 Å². The van der Waals surface area contributed by atoms with Crippen molar-refractivity contribution in [2.24, 2.45) is 0 Å². The maximum atomic E-state index is 13.9. The molecule has 0 spiro atoms. The lowest BCUT2D eigenvalue weighted by molar-refractivity contribution is 0.0692. The Morgan fingerprint density at radius 1 is 1.50 bits per heavy atom. The number of aromatic carboxylic acids is 1. The van der Waals surface area contributed by atoms with Crippen molar-refractivity contribution in [2.45, 2.75) is 32.2 Å². The Balaban J connectivity index is 1.98. The van der Waals surface area contributed by atoms with E-state index >= 15 is 0 Å². The maximum absolute atomic E-state index is 13.9. The number of pyridine rings is 1. The molecule has 2 heterocycles. The van der Waals surface area contributed by atoms with E-state index in [1.54, 1.807) is 0 Å². The van der Waals surface area contributed by atoms with Crippen LogP contribution in [0.5, 0.6) is 0 Å². The number of carboxylic acid groups (broad SMARTS) is 1. The molecule has 1 unspecified atom stereocenters. The van der Waals surface area contributed by atoms with E-state index in [9.17, 15) is 9.18 Å². The fourth-order valence-electron chi connectivity index (χ4n) is 2.52. The van der Waals surface area contributed by atoms with E-state index in [0.29, 0.717) is 0 Å². The largest absolute Gasteiger partial charge is 0.478 e. The molecule has 1 aromatic rings. The van der Waals surface area contributed by atoms with Gasteiger partial charge in [-0.15, -0.1) is 0 Å². The molecule has 0 amide bonds. The number of carbonyl (C=O) groups is 1. The van der Waals surface area contributed by atoms with Crippen molar-refractivity contribution in [1.82, 2.24) is 9.88 Å². The summed E-state index contributed by atoms with van der Waals surface area (Å²) in [6.07, 6.45) is 4.99. The highest BCUT2D eigenvalue weighted by molar-refractivity contribution is 5.88. The van der Waals surface area contributed by atoms with E-state index in [2.05, 4.69) is 15.2 Å². The van der Waals surface area contributed by atoms with Crippen LogP contribution in [0, 0.1) is 5.82 Å². The number of nitrogens with zero attached hydrogens (tertiary/aromatic N) is 2. The fourth-order valence-corrected chi connectivity index (χ4v) is 2.52. The zero-order valence-electron chi connectivity index (χ0n) is 11.6. The number of hydrogen-bond donors (Lipinski definition) is 2. The van der Waals surface area contributed by atoms with Crippen LogP contribution in [-0.4, -0.2) is 46.6 Å². The predicted molar refractivity (Wildman–Crippen MR) is 74.5 cm³/mol. The Bertz CT molecular complexity index is 475. The minimum absolute atomic E-state index is 0.00871. The van der Waals surface area contributed by atoms with Crippen molar-refractivity contribution in [1.29, 1.82) is 0 Å². The van der Waals surface area contributed by atoms with Crippen LogP contribution in [0.2, 0.25) is 0 Å². The van der Waals surface area contributed by atoms with Gasteiger partial charge in [-0.3, -0.25) is 0 Å². The molecule has 20 heavy (non-hydrogen) atoms. The first kappa shape index (κ1) is 14.7. The Hall–Kier alpha value is -1.69. The van der Waals surface area contributed by atoms with Gasteiger partial charge in [0.2, 0.25) is 0 Å². The molecule has 6 heteroatoms. The number of likely N-dealkylation sites (tertiary alicyclic amines) is 1. The van der Waals surface area contributed by atoms with Crippen LogP contribution >= 0.6 is 0 Å². The Morgan fingerprint density at radius 2 is 2.20 bits per heavy atom. The Morgan fingerprint density at radius 3 is 2.85 bits per heavy atom. The number of carboxylic acids is 1. The maximum Gasteiger partial charge on any atom is 0.338 e. The van der Waals surface area contributed by atoms with E-state index in [0.717, 1.165) is 25.7 Å². The zero-order chi connectivity index (χ0) is 14.5. The second-order valence-corrected chi connectivity index (χ2v) is 5.23. The first-order valence-electron chi connectivity index (χ1n) is 6.94. The second-order valence-electron chi connectivity index (χ2n) is 5.23. The van der Waals surface area contributed by atoms with Gasteiger partial charge < -0.3 is 15.3 Å². The third-order valence-corrected chi connectivity index (χ3v) is 3.48. The van der Waals surface area contributed by atoms with Crippen LogP contribution in [0.3, 0.4) is 0 Å². The predicted octanol–water partition coefficient (Wildman–Crippen LogP) is 2.21. The van der Waals surface area contributed by atoms with E-state index in [1.807, 2.05) is 6.92 Å². The highest BCUT2D eigenvalue weighted by Gasteiger charge is 2.18. The normalized spacial score (nSPS) is 17.7. The summed E-state index contributed by atoms with van der Waals surface area (Å²) >= 11 is 0. The van der Waals surface area contributed by atoms with Crippen LogP contribution in [0.25, 0.3) is 0 Å². The van der Waals surface area contributed by atoms with Gasteiger partial charge in [0, 0.05) is 18.8 Å². The van der Waals surface area contributed by atoms with Gasteiger partial charge in [0.1, 0.15) is 5.56 Å². The Labute approximate surface area is 117 Å². The van der Waals surface area contributed by atoms with Crippen molar-refractivity contribution in [2.75, 3.05) is 25.0 Å². The van der Waals surface area contributed by atoms with Crippen molar-refractivity contribution in [3.8, 4) is 0 Å². The summed E-state index contributed by atoms with van der Waals surface area (Å²) in [6, 6.07) is 1.18. The van der Waals surface area contributed by atoms with Gasteiger partial charge in [-0.1, -0.05) is 6.42 Å². The first-order chi connectivity index (χ1) is 9.58. The average Bonchev–Trinajstić information content (AvgIpc) is 2.42. The molecule has 1 saturated heterocycles. The first-order valence-corrected chi connectivity index (χ1v) is 6.94. The third-order valence-electron chi connectivity index (χ3n) is 3.48. The molecule has 0 saturated carbocycles. The van der Waals surface area contributed by atoms with E-state index in [1.165, 1.54) is 25.5 Å². The number of nitrogens with one attached hydrogen (secondary N) is 1. The minimum atomic E-state index is -1.28. The van der Waals surface area contributed by atoms with Crippen molar-refractivity contribution in [3.63, 3.8) is 0 Å². The van der Waals surface area contributed by atoms with Gasteiger partial charge in [0.15, 0.2) is 11.6 Å². The van der Waals surface area contributed by atoms with Crippen molar-refractivity contribution < 1.29 is 14.3 Å². The minimum Gasteiger partial charge on any atom is -0.478 e. The molecule has 1 aromatic heterocycles. The molecule has 0 bridgehead atoms. The molecule has 2 N–H and O–H groups in total. The third kappa shape index (κ3) is 3.66. The summed E-state index contributed by atoms with van der Waals surface area (Å²) in [5.41, 5.74) is -0.354. The summed E-state index contributed by atoms with van der Waals surface area (Å²) in [7, 11) is 0. The van der Waals surface area contributed by atoms with Crippen LogP contribution in [0.1, 0.15) is 36.5 Å². The van der Waals surface area contributed by atoms with Crippen molar-refractivity contribution in [3.05, 3.63) is 23.6 Å². The van der Waals surface area contributed by atoms with Gasteiger partial charge in [-0.2, -0.15) is 0 Å². The average molecular weight is 281 g/mol. The summed E-state index contributed by atoms with van der Waals surface area (Å²) in [6.45, 7) is 4.88. The molecule has 5 nitrogen and oxygen atoms in total. The molecule has 1 atom stereocenters. The topological polar surface area (TPSA) is 65.5 Å². The fraction of sp³-hybridized carbons (Fsp3) is 0.571. The number of anilines is 1. The van der Waals surface area contributed by atoms with Gasteiger partial charge in [-0.25, -0.2) is 14.2 Å². The number of rotatable bonds is 5. The summed E-state index contributed by atoms with van der Waals surface area (Å²) in [5.74, 6) is -2.07. The molecule has 0 aromatic carbocycles. The van der Waals surface area contributed by atoms with Crippen LogP contribution in [0.15, 0.2) is 12.3 Å². The Kier molecular flexibility index (Phi) is 4.89. The monoisotopic (exact) mass is 281 g/mol. The highest BCUT2D eigenvalue weighted by Crippen LogP contribution is 2.17. The molecule has 1 aliphatic heterocycles. The van der Waals surface area contributed by atoms with E-state index in [-0.39, 0.29) is 17.4 Å². The lowest BCUT2D eigenvalue weighted by Gasteiger charge is -2.29. The molecule has 1 aliphatic rings. The molecule has 0 aliphatic carbocycles. The lowest BCUT2D eigenvalue weighted by atomic mass is 10.1. The number of aromatic nitrogens is 1. The van der Waals surface area contributed by atoms with Crippen molar-refractivity contribution >= 4 is 11.8 Å². The summed E-state index contributed by atoms with van der Waals surface area (Å²) < 4.78 is 13.9. The standard InChI is InChI=1S/C14H20FN3O2/c1-10(9-18-7-3-2-4-8-18)17-13-12(15)11(14(19)20)5-6-16-13/h5-6,10H,2-4,7-9H2,1H3,(H,16,17)(H,19,20).